The van der Waals surface area contributed by atoms with Crippen molar-refractivity contribution >= 4 is 7.69 Å². The second kappa shape index (κ2) is 171. The molecule has 0 fully saturated rings. The number of rotatable bonds is 0. The topological polar surface area (TPSA) is 40.5 Å². The van der Waals surface area contributed by atoms with Gasteiger partial charge < -0.3 is 11.5 Å². The zero-order valence-electron chi connectivity index (χ0n) is 5.10. The van der Waals surface area contributed by atoms with E-state index in [0.29, 0.717) is 0 Å². The second-order valence-electron chi connectivity index (χ2n) is 0.115. The van der Waals surface area contributed by atoms with Gasteiger partial charge in [0, 0.05) is 0 Å². The molecule has 0 aromatic rings. The predicted octanol–water partition coefficient (Wildman–Crippen LogP) is -3.77. The fourth-order valence-electron chi connectivity index (χ4n) is 0. The Morgan fingerprint density at radius 2 is 0.875 bits per heavy atom. The summed E-state index contributed by atoms with van der Waals surface area (Å²) < 4.78 is 0. The Kier molecular flexibility index (Phi) is 1790. The largest absolute Gasteiger partial charge is 1.00 e. The van der Waals surface area contributed by atoms with Gasteiger partial charge in [0.05, 0.1) is 0 Å². The van der Waals surface area contributed by atoms with Crippen molar-refractivity contribution in [3.63, 3.8) is 0 Å². The second-order valence-corrected chi connectivity index (χ2v) is 0.115. The minimum Gasteiger partial charge on any atom is -1.00 e. The van der Waals surface area contributed by atoms with Crippen LogP contribution in [0.4, 0.5) is 18.8 Å². The molecule has 8 heavy (non-hydrogen) atoms. The Balaban J connectivity index is -0.00000000133. The zero-order valence-corrected chi connectivity index (χ0v) is 4.10. The Morgan fingerprint density at radius 1 is 0.875 bits per heavy atom. The Morgan fingerprint density at radius 3 is 0.875 bits per heavy atom. The number of halogens is 4. The van der Waals surface area contributed by atoms with E-state index in [1.807, 2.05) is 0 Å². The normalized spacial score (nSPS) is 1.75. The molecule has 0 aliphatic carbocycles. The van der Waals surface area contributed by atoms with Gasteiger partial charge in [0.1, 0.15) is 0 Å². The molecule has 0 saturated carbocycles. The predicted molar refractivity (Wildman–Crippen MR) is 21.3 cm³/mol. The van der Waals surface area contributed by atoms with Gasteiger partial charge in [-0.05, 0) is 0 Å². The third-order valence-electron chi connectivity index (χ3n) is 0. The molecule has 0 unspecified atom stereocenters. The first kappa shape index (κ1) is 83.5. The molecular weight excluding hydrogens is 126 g/mol. The van der Waals surface area contributed by atoms with Crippen molar-refractivity contribution in [1.29, 1.82) is 0 Å². The summed E-state index contributed by atoms with van der Waals surface area (Å²) in [4.78, 5) is 0. The van der Waals surface area contributed by atoms with E-state index in [2.05, 4.69) is 0 Å². The first-order valence-corrected chi connectivity index (χ1v) is 0.516. The summed E-state index contributed by atoms with van der Waals surface area (Å²) in [7, 11) is 0. The summed E-state index contributed by atoms with van der Waals surface area (Å²) in [6, 6.07) is 0. The Hall–Kier alpha value is 0.302. The molecule has 0 saturated heterocycles. The molecule has 0 bridgehead atoms. The van der Waals surface area contributed by atoms with Gasteiger partial charge in [-0.25, -0.2) is 0 Å². The molecule has 1 radical (unpaired) electrons. The summed E-state index contributed by atoms with van der Waals surface area (Å²) in [5.74, 6) is 0. The van der Waals surface area contributed by atoms with Crippen LogP contribution >= 0.6 is 0 Å². The van der Waals surface area contributed by atoms with Crippen molar-refractivity contribution in [2.75, 3.05) is 0 Å². The zero-order chi connectivity index (χ0) is 2.71. The van der Waals surface area contributed by atoms with Crippen LogP contribution in [0.15, 0.2) is 0 Å². The van der Waals surface area contributed by atoms with Crippen molar-refractivity contribution in [3.05, 3.63) is 0 Å². The molecule has 0 heterocycles. The summed E-state index contributed by atoms with van der Waals surface area (Å²) in [5, 5.41) is 14.0. The van der Waals surface area contributed by atoms with Crippen molar-refractivity contribution in [2.24, 2.45) is 0 Å². The van der Waals surface area contributed by atoms with Crippen LogP contribution in [0.2, 0.25) is 0 Å². The van der Waals surface area contributed by atoms with Crippen molar-refractivity contribution < 1.29 is 49.2 Å². The van der Waals surface area contributed by atoms with E-state index in [9.17, 15) is 0 Å². The van der Waals surface area contributed by atoms with Gasteiger partial charge in [-0.2, -0.15) is 0 Å². The van der Waals surface area contributed by atoms with Gasteiger partial charge in [0.25, 0.3) is 0 Å². The molecule has 0 spiro atoms. The van der Waals surface area contributed by atoms with Crippen LogP contribution < -0.4 is 18.9 Å². The van der Waals surface area contributed by atoms with E-state index in [0.717, 1.165) is 0 Å². The van der Waals surface area contributed by atoms with Gasteiger partial charge in [-0.1, -0.05) is 0 Å². The Bertz CT molecular complexity index is 18.5. The molecule has 2 N–H and O–H groups in total. The molecule has 51 valence electrons. The number of hydrogen-bond donors (Lipinski definition) is 2. The van der Waals surface area contributed by atoms with E-state index in [-0.39, 0.29) is 46.8 Å². The summed E-state index contributed by atoms with van der Waals surface area (Å²) in [6.07, 6.45) is 0. The minimum absolute atomic E-state index is 0. The molecule has 0 atom stereocenters. The van der Waals surface area contributed by atoms with Crippen molar-refractivity contribution in [1.82, 2.24) is 0 Å². The molecule has 0 rings (SSSR count). The summed E-state index contributed by atoms with van der Waals surface area (Å²) >= 11 is 0. The molecule has 0 amide bonds. The molecule has 8 heteroatoms. The van der Waals surface area contributed by atoms with Gasteiger partial charge >= 0.3 is 26.5 Å². The van der Waals surface area contributed by atoms with Crippen LogP contribution in [0.1, 0.15) is 1.43 Å². The quantitative estimate of drug-likeness (QED) is 0.263. The molecular formula is H7BF4LiO2. The van der Waals surface area contributed by atoms with Gasteiger partial charge in [0.2, 0.25) is 0 Å². The van der Waals surface area contributed by atoms with Crippen LogP contribution in [0, 0.1) is 0 Å². The van der Waals surface area contributed by atoms with Crippen molar-refractivity contribution in [2.45, 2.75) is 0 Å². The fourth-order valence-corrected chi connectivity index (χ4v) is 0. The third-order valence-corrected chi connectivity index (χ3v) is 0. The van der Waals surface area contributed by atoms with E-state index in [1.165, 1.54) is 0 Å². The first-order valence-electron chi connectivity index (χ1n) is 0.516. The van der Waals surface area contributed by atoms with Gasteiger partial charge in [-0.3, -0.25) is 18.8 Å². The Labute approximate surface area is 57.7 Å². The maximum absolute atomic E-state index is 7.00. The maximum Gasteiger partial charge on any atom is 1.00 e. The molecule has 0 aliphatic heterocycles. The van der Waals surface area contributed by atoms with Crippen LogP contribution in [0.25, 0.3) is 0 Å². The van der Waals surface area contributed by atoms with E-state index >= 15 is 0 Å². The smallest absolute Gasteiger partial charge is 1.00 e. The maximum atomic E-state index is 7.00. The summed E-state index contributed by atoms with van der Waals surface area (Å²) in [5.41, 5.74) is 0. The van der Waals surface area contributed by atoms with Gasteiger partial charge in [-0.15, -0.1) is 0 Å². The van der Waals surface area contributed by atoms with E-state index in [4.69, 9.17) is 10.0 Å². The third kappa shape index (κ3) is 1940. The van der Waals surface area contributed by atoms with Crippen molar-refractivity contribution in [3.8, 4) is 0 Å². The van der Waals surface area contributed by atoms with Crippen LogP contribution in [0.5, 0.6) is 0 Å². The average molecular weight is 133 g/mol. The monoisotopic (exact) mass is 133 g/mol. The first-order chi connectivity index (χ1) is 1.41. The van der Waals surface area contributed by atoms with Crippen LogP contribution in [-0.4, -0.2) is 17.7 Å². The minimum atomic E-state index is 0. The summed E-state index contributed by atoms with van der Waals surface area (Å²) in [6.45, 7) is 0. The van der Waals surface area contributed by atoms with Crippen LogP contribution in [-0.2, 0) is 0 Å². The molecule has 0 aromatic carbocycles. The van der Waals surface area contributed by atoms with E-state index < -0.39 is 0 Å². The standard InChI is InChI=1S/BH2O2.4FH.Li.H/c2-1-3;;;;;;/h2-3H;4*1H;;/q;;;;;+1;-1. The fraction of sp³-hybridized carbons (Fsp3) is 0. The molecule has 0 aliphatic rings. The van der Waals surface area contributed by atoms with Crippen LogP contribution in [0.3, 0.4) is 0 Å². The van der Waals surface area contributed by atoms with Gasteiger partial charge in [0.15, 0.2) is 0 Å². The SMILES string of the molecule is F.F.F.F.O[B]O.[H-].[Li+]. The molecule has 2 nitrogen and oxygen atoms in total. The number of hydrogen-bond acceptors (Lipinski definition) is 2. The molecule has 0 aromatic heterocycles. The average Bonchev–Trinajstić information content (AvgIpc) is 0.918. The van der Waals surface area contributed by atoms with E-state index in [1.54, 1.807) is 0 Å².